The molecule has 2 unspecified atom stereocenters. The van der Waals surface area contributed by atoms with Gasteiger partial charge in [0.15, 0.2) is 0 Å². The lowest BCUT2D eigenvalue weighted by Gasteiger charge is -2.39. The average Bonchev–Trinajstić information content (AvgIpc) is 3.01. The van der Waals surface area contributed by atoms with Crippen molar-refractivity contribution in [2.75, 3.05) is 34.0 Å². The standard InChI is InChI=1S/C22H25N3O3/c1-25-20(16-27-14-13-26-2)23-18-9-6-10-19-22(18,25)12-11-21(24-19)28-15-17-7-4-3-5-8-17/h3-12,20H,13-16H2,1-2H3. The Balaban J connectivity index is 1.47. The van der Waals surface area contributed by atoms with Crippen LogP contribution in [0.3, 0.4) is 0 Å². The summed E-state index contributed by atoms with van der Waals surface area (Å²) in [6, 6.07) is 10.1. The number of hydrogen-bond donors (Lipinski definition) is 0. The number of benzene rings is 1. The Morgan fingerprint density at radius 2 is 2.00 bits per heavy atom. The number of methoxy groups -OCH3 is 1. The Kier molecular flexibility index (Phi) is 5.52. The van der Waals surface area contributed by atoms with E-state index < -0.39 is 5.54 Å². The fourth-order valence-electron chi connectivity index (χ4n) is 3.65. The second kappa shape index (κ2) is 8.22. The molecule has 2 heterocycles. The highest BCUT2D eigenvalue weighted by Crippen LogP contribution is 2.40. The van der Waals surface area contributed by atoms with Crippen LogP contribution >= 0.6 is 0 Å². The van der Waals surface area contributed by atoms with Gasteiger partial charge in [-0.25, -0.2) is 4.99 Å². The Hall–Kier alpha value is -2.54. The Bertz CT molecular complexity index is 857. The smallest absolute Gasteiger partial charge is 0.213 e. The molecule has 0 bridgehead atoms. The second-order valence-corrected chi connectivity index (χ2v) is 6.91. The SMILES string of the molecule is COCCOCC1N=C2C=CC=C3N=C(OCc4ccccc4)C=CC32N1C. The van der Waals surface area contributed by atoms with Crippen LogP contribution in [-0.4, -0.2) is 62.2 Å². The van der Waals surface area contributed by atoms with Crippen molar-refractivity contribution >= 4 is 11.6 Å². The third kappa shape index (κ3) is 3.46. The lowest BCUT2D eigenvalue weighted by Crippen LogP contribution is -2.52. The summed E-state index contributed by atoms with van der Waals surface area (Å²) in [5, 5.41) is 0. The molecule has 4 rings (SSSR count). The molecule has 1 spiro atoms. The molecule has 0 amide bonds. The van der Waals surface area contributed by atoms with Crippen molar-refractivity contribution in [1.82, 2.24) is 4.90 Å². The highest BCUT2D eigenvalue weighted by Gasteiger charge is 2.50. The van der Waals surface area contributed by atoms with Gasteiger partial charge in [-0.3, -0.25) is 9.89 Å². The molecule has 3 aliphatic rings. The third-order valence-electron chi connectivity index (χ3n) is 5.21. The quantitative estimate of drug-likeness (QED) is 0.684. The van der Waals surface area contributed by atoms with Crippen molar-refractivity contribution in [3.05, 3.63) is 72.0 Å². The first kappa shape index (κ1) is 18.8. The van der Waals surface area contributed by atoms with Gasteiger partial charge in [0.05, 0.1) is 31.2 Å². The highest BCUT2D eigenvalue weighted by molar-refractivity contribution is 6.11. The molecule has 1 aromatic rings. The van der Waals surface area contributed by atoms with E-state index in [0.717, 1.165) is 17.0 Å². The van der Waals surface area contributed by atoms with E-state index in [1.165, 1.54) is 0 Å². The minimum Gasteiger partial charge on any atom is -0.473 e. The molecule has 146 valence electrons. The number of aliphatic imine (C=N–C) groups is 2. The molecule has 1 aromatic carbocycles. The Morgan fingerprint density at radius 3 is 2.82 bits per heavy atom. The lowest BCUT2D eigenvalue weighted by molar-refractivity contribution is 0.0357. The molecule has 1 aliphatic carbocycles. The fourth-order valence-corrected chi connectivity index (χ4v) is 3.65. The van der Waals surface area contributed by atoms with Crippen LogP contribution in [0.4, 0.5) is 0 Å². The summed E-state index contributed by atoms with van der Waals surface area (Å²) >= 11 is 0. The Labute approximate surface area is 165 Å². The van der Waals surface area contributed by atoms with E-state index in [0.29, 0.717) is 32.3 Å². The van der Waals surface area contributed by atoms with Gasteiger partial charge < -0.3 is 14.2 Å². The molecule has 0 saturated carbocycles. The largest absolute Gasteiger partial charge is 0.473 e. The van der Waals surface area contributed by atoms with Crippen molar-refractivity contribution in [2.45, 2.75) is 18.3 Å². The van der Waals surface area contributed by atoms with Gasteiger partial charge in [-0.05, 0) is 36.9 Å². The van der Waals surface area contributed by atoms with E-state index in [-0.39, 0.29) is 6.17 Å². The topological polar surface area (TPSA) is 55.6 Å². The Morgan fingerprint density at radius 1 is 1.14 bits per heavy atom. The lowest BCUT2D eigenvalue weighted by atomic mass is 9.83. The van der Waals surface area contributed by atoms with E-state index in [1.807, 2.05) is 54.6 Å². The summed E-state index contributed by atoms with van der Waals surface area (Å²) in [4.78, 5) is 11.9. The number of nitrogens with zero attached hydrogens (tertiary/aromatic N) is 3. The zero-order chi connectivity index (χ0) is 19.4. The monoisotopic (exact) mass is 379 g/mol. The third-order valence-corrected chi connectivity index (χ3v) is 5.21. The molecule has 2 atom stereocenters. The van der Waals surface area contributed by atoms with Gasteiger partial charge in [0.25, 0.3) is 0 Å². The van der Waals surface area contributed by atoms with E-state index >= 15 is 0 Å². The van der Waals surface area contributed by atoms with E-state index in [1.54, 1.807) is 7.11 Å². The fraction of sp³-hybridized carbons (Fsp3) is 0.364. The van der Waals surface area contributed by atoms with Crippen LogP contribution in [-0.2, 0) is 20.8 Å². The zero-order valence-corrected chi connectivity index (χ0v) is 16.2. The van der Waals surface area contributed by atoms with Gasteiger partial charge >= 0.3 is 0 Å². The first-order valence-corrected chi connectivity index (χ1v) is 9.45. The minimum absolute atomic E-state index is 0.0651. The molecule has 28 heavy (non-hydrogen) atoms. The average molecular weight is 379 g/mol. The number of likely N-dealkylation sites (N-methyl/N-ethyl adjacent to an activating group) is 1. The van der Waals surface area contributed by atoms with Crippen LogP contribution in [0.2, 0.25) is 0 Å². The van der Waals surface area contributed by atoms with Crippen molar-refractivity contribution in [3.63, 3.8) is 0 Å². The van der Waals surface area contributed by atoms with Gasteiger partial charge in [0.2, 0.25) is 5.90 Å². The normalized spacial score (nSPS) is 25.6. The summed E-state index contributed by atoms with van der Waals surface area (Å²) in [5.41, 5.74) is 2.56. The van der Waals surface area contributed by atoms with Gasteiger partial charge in [0, 0.05) is 7.11 Å². The molecular weight excluding hydrogens is 354 g/mol. The molecular formula is C22H25N3O3. The summed E-state index contributed by atoms with van der Waals surface area (Å²) in [5.74, 6) is 0.614. The van der Waals surface area contributed by atoms with E-state index in [4.69, 9.17) is 24.2 Å². The van der Waals surface area contributed by atoms with Gasteiger partial charge in [-0.1, -0.05) is 36.4 Å². The molecule has 0 N–H and O–H groups in total. The molecule has 0 fully saturated rings. The minimum atomic E-state index is -0.455. The maximum atomic E-state index is 5.92. The molecule has 0 saturated heterocycles. The highest BCUT2D eigenvalue weighted by atomic mass is 16.5. The number of ether oxygens (including phenoxy) is 3. The van der Waals surface area contributed by atoms with Gasteiger partial charge in [0.1, 0.15) is 18.3 Å². The van der Waals surface area contributed by atoms with Gasteiger partial charge in [-0.2, -0.15) is 0 Å². The second-order valence-electron chi connectivity index (χ2n) is 6.91. The van der Waals surface area contributed by atoms with Crippen LogP contribution in [0, 0.1) is 0 Å². The molecule has 6 nitrogen and oxygen atoms in total. The predicted octanol–water partition coefficient (Wildman–Crippen LogP) is 2.74. The number of hydrogen-bond acceptors (Lipinski definition) is 6. The summed E-state index contributed by atoms with van der Waals surface area (Å²) in [6.45, 7) is 2.15. The van der Waals surface area contributed by atoms with Crippen LogP contribution in [0.5, 0.6) is 0 Å². The van der Waals surface area contributed by atoms with Crippen molar-refractivity contribution in [1.29, 1.82) is 0 Å². The van der Waals surface area contributed by atoms with Crippen LogP contribution < -0.4 is 0 Å². The summed E-state index contributed by atoms with van der Waals surface area (Å²) in [7, 11) is 3.73. The van der Waals surface area contributed by atoms with Crippen molar-refractivity contribution in [2.24, 2.45) is 9.98 Å². The van der Waals surface area contributed by atoms with E-state index in [9.17, 15) is 0 Å². The molecule has 6 heteroatoms. The van der Waals surface area contributed by atoms with Crippen LogP contribution in [0.15, 0.2) is 76.4 Å². The predicted molar refractivity (Wildman–Crippen MR) is 109 cm³/mol. The molecule has 0 aromatic heterocycles. The van der Waals surface area contributed by atoms with Crippen molar-refractivity contribution in [3.8, 4) is 0 Å². The number of dihydropyridines is 1. The van der Waals surface area contributed by atoms with Crippen LogP contribution in [0.1, 0.15) is 5.56 Å². The number of rotatable bonds is 7. The summed E-state index contributed by atoms with van der Waals surface area (Å²) < 4.78 is 16.7. The maximum absolute atomic E-state index is 5.92. The molecule has 0 radical (unpaired) electrons. The van der Waals surface area contributed by atoms with Crippen molar-refractivity contribution < 1.29 is 14.2 Å². The molecule has 2 aliphatic heterocycles. The van der Waals surface area contributed by atoms with Gasteiger partial charge in [-0.15, -0.1) is 0 Å². The first-order chi connectivity index (χ1) is 13.7. The zero-order valence-electron chi connectivity index (χ0n) is 16.2. The maximum Gasteiger partial charge on any atom is 0.213 e. The van der Waals surface area contributed by atoms with Crippen LogP contribution in [0.25, 0.3) is 0 Å². The first-order valence-electron chi connectivity index (χ1n) is 9.45. The number of allylic oxidation sites excluding steroid dienone is 2. The summed E-state index contributed by atoms with van der Waals surface area (Å²) in [6.07, 6.45) is 10.1. The van der Waals surface area contributed by atoms with E-state index in [2.05, 4.69) is 18.0 Å².